The predicted octanol–water partition coefficient (Wildman–Crippen LogP) is 4.36. The maximum atomic E-state index is 6.08. The number of benzene rings is 2. The number of halogens is 1. The molecule has 2 aromatic carbocycles. The van der Waals surface area contributed by atoms with Gasteiger partial charge in [-0.15, -0.1) is 11.8 Å². The molecule has 0 amide bonds. The largest absolute Gasteiger partial charge is 0.383 e. The fraction of sp³-hybridized carbons (Fsp3) is 0.0667. The number of hydrogen-bond acceptors (Lipinski definition) is 4. The van der Waals surface area contributed by atoms with Crippen LogP contribution in [0, 0.1) is 0 Å². The van der Waals surface area contributed by atoms with Crippen molar-refractivity contribution in [3.05, 3.63) is 46.9 Å². The summed E-state index contributed by atoms with van der Waals surface area (Å²) in [5, 5.41) is 0.866. The van der Waals surface area contributed by atoms with Gasteiger partial charge in [0.1, 0.15) is 5.82 Å². The fourth-order valence-electron chi connectivity index (χ4n) is 2.07. The molecule has 100 valence electrons. The van der Waals surface area contributed by atoms with E-state index in [-0.39, 0.29) is 0 Å². The quantitative estimate of drug-likeness (QED) is 0.701. The zero-order valence-electron chi connectivity index (χ0n) is 10.8. The number of aromatic nitrogens is 2. The summed E-state index contributed by atoms with van der Waals surface area (Å²) in [7, 11) is 0. The molecule has 2 N–H and O–H groups in total. The normalized spacial score (nSPS) is 10.9. The molecule has 0 unspecified atom stereocenters. The molecular weight excluding hydrogens is 334 g/mol. The van der Waals surface area contributed by atoms with Crippen molar-refractivity contribution in [1.29, 1.82) is 0 Å². The highest BCUT2D eigenvalue weighted by Gasteiger charge is 2.10. The van der Waals surface area contributed by atoms with Gasteiger partial charge in [-0.1, -0.05) is 34.1 Å². The van der Waals surface area contributed by atoms with E-state index in [1.807, 2.05) is 42.7 Å². The van der Waals surface area contributed by atoms with Crippen LogP contribution in [-0.4, -0.2) is 16.2 Å². The Morgan fingerprint density at radius 3 is 2.70 bits per heavy atom. The molecular formula is C15H12BrN3S. The number of nitrogens with zero attached hydrogens (tertiary/aromatic N) is 2. The Hall–Kier alpha value is -1.59. The lowest BCUT2D eigenvalue weighted by Gasteiger charge is -2.08. The Kier molecular flexibility index (Phi) is 3.63. The zero-order valence-corrected chi connectivity index (χ0v) is 13.2. The number of rotatable bonds is 2. The minimum atomic E-state index is 0.502. The van der Waals surface area contributed by atoms with E-state index in [0.29, 0.717) is 11.6 Å². The molecule has 0 fully saturated rings. The summed E-state index contributed by atoms with van der Waals surface area (Å²) in [5.74, 6) is 1.17. The van der Waals surface area contributed by atoms with E-state index in [2.05, 4.69) is 32.0 Å². The number of thioether (sulfide) groups is 1. The van der Waals surface area contributed by atoms with Gasteiger partial charge in [-0.05, 0) is 30.5 Å². The highest BCUT2D eigenvalue weighted by atomic mass is 79.9. The van der Waals surface area contributed by atoms with Crippen LogP contribution in [0.3, 0.4) is 0 Å². The predicted molar refractivity (Wildman–Crippen MR) is 88.9 cm³/mol. The summed E-state index contributed by atoms with van der Waals surface area (Å²) in [6, 6.07) is 13.9. The lowest BCUT2D eigenvalue weighted by Crippen LogP contribution is -1.98. The fourth-order valence-corrected chi connectivity index (χ4v) is 3.03. The lowest BCUT2D eigenvalue weighted by molar-refractivity contribution is 1.21. The third-order valence-corrected chi connectivity index (χ3v) is 4.32. The van der Waals surface area contributed by atoms with Crippen molar-refractivity contribution in [2.24, 2.45) is 0 Å². The van der Waals surface area contributed by atoms with Crippen LogP contribution in [0.2, 0.25) is 0 Å². The summed E-state index contributed by atoms with van der Waals surface area (Å²) in [6.45, 7) is 0. The van der Waals surface area contributed by atoms with Crippen molar-refractivity contribution in [3.8, 4) is 11.4 Å². The molecule has 0 spiro atoms. The van der Waals surface area contributed by atoms with Crippen LogP contribution in [0.4, 0.5) is 5.82 Å². The molecule has 1 heterocycles. The first-order valence-corrected chi connectivity index (χ1v) is 8.07. The Balaban J connectivity index is 2.25. The minimum Gasteiger partial charge on any atom is -0.383 e. The summed E-state index contributed by atoms with van der Waals surface area (Å²) >= 11 is 5.11. The maximum absolute atomic E-state index is 6.08. The number of hydrogen-bond donors (Lipinski definition) is 1. The van der Waals surface area contributed by atoms with Crippen LogP contribution < -0.4 is 5.73 Å². The van der Waals surface area contributed by atoms with E-state index in [1.165, 1.54) is 0 Å². The van der Waals surface area contributed by atoms with Crippen molar-refractivity contribution in [1.82, 2.24) is 9.97 Å². The average molecular weight is 346 g/mol. The number of nitrogen functional groups attached to an aromatic ring is 1. The van der Waals surface area contributed by atoms with E-state index >= 15 is 0 Å². The second-order valence-corrected chi connectivity index (χ2v) is 6.06. The average Bonchev–Trinajstić information content (AvgIpc) is 2.47. The van der Waals surface area contributed by atoms with Crippen molar-refractivity contribution >= 4 is 44.4 Å². The van der Waals surface area contributed by atoms with Crippen LogP contribution in [0.5, 0.6) is 0 Å². The third kappa shape index (κ3) is 2.39. The number of anilines is 1. The third-order valence-electron chi connectivity index (χ3n) is 3.04. The zero-order chi connectivity index (χ0) is 14.1. The Morgan fingerprint density at radius 2 is 1.90 bits per heavy atom. The summed E-state index contributed by atoms with van der Waals surface area (Å²) in [4.78, 5) is 10.2. The van der Waals surface area contributed by atoms with Crippen LogP contribution in [0.25, 0.3) is 22.3 Å². The standard InChI is InChI=1S/C15H12BrN3S/c1-20-13-5-3-2-4-10(13)15-18-12-7-6-9(16)8-11(12)14(17)19-15/h2-8H,1H3,(H2,17,18,19). The summed E-state index contributed by atoms with van der Waals surface area (Å²) < 4.78 is 0.970. The molecule has 0 radical (unpaired) electrons. The van der Waals surface area contributed by atoms with Gasteiger partial charge < -0.3 is 5.73 Å². The van der Waals surface area contributed by atoms with Gasteiger partial charge in [-0.25, -0.2) is 9.97 Å². The molecule has 0 bridgehead atoms. The number of fused-ring (bicyclic) bond motifs is 1. The van der Waals surface area contributed by atoms with Crippen molar-refractivity contribution in [3.63, 3.8) is 0 Å². The second kappa shape index (κ2) is 5.42. The first kappa shape index (κ1) is 13.4. The highest BCUT2D eigenvalue weighted by Crippen LogP contribution is 2.30. The Labute approximate surface area is 129 Å². The minimum absolute atomic E-state index is 0.502. The van der Waals surface area contributed by atoms with Crippen LogP contribution >= 0.6 is 27.7 Å². The topological polar surface area (TPSA) is 51.8 Å². The van der Waals surface area contributed by atoms with Crippen LogP contribution in [-0.2, 0) is 0 Å². The van der Waals surface area contributed by atoms with Gasteiger partial charge in [0, 0.05) is 20.3 Å². The molecule has 0 aliphatic heterocycles. The van der Waals surface area contributed by atoms with Gasteiger partial charge in [0.2, 0.25) is 0 Å². The van der Waals surface area contributed by atoms with Gasteiger partial charge in [-0.2, -0.15) is 0 Å². The van der Waals surface area contributed by atoms with E-state index in [9.17, 15) is 0 Å². The lowest BCUT2D eigenvalue weighted by atomic mass is 10.2. The first-order chi connectivity index (χ1) is 9.69. The summed E-state index contributed by atoms with van der Waals surface area (Å²) in [6.07, 6.45) is 2.04. The van der Waals surface area contributed by atoms with Gasteiger partial charge in [0.25, 0.3) is 0 Å². The monoisotopic (exact) mass is 345 g/mol. The highest BCUT2D eigenvalue weighted by molar-refractivity contribution is 9.10. The van der Waals surface area contributed by atoms with E-state index in [0.717, 1.165) is 25.8 Å². The SMILES string of the molecule is CSc1ccccc1-c1nc(N)c2cc(Br)ccc2n1. The van der Waals surface area contributed by atoms with Crippen LogP contribution in [0.15, 0.2) is 51.8 Å². The van der Waals surface area contributed by atoms with Gasteiger partial charge in [0.15, 0.2) is 5.82 Å². The molecule has 0 aliphatic carbocycles. The van der Waals surface area contributed by atoms with Gasteiger partial charge in [-0.3, -0.25) is 0 Å². The second-order valence-electron chi connectivity index (χ2n) is 4.29. The van der Waals surface area contributed by atoms with Gasteiger partial charge in [0.05, 0.1) is 5.52 Å². The molecule has 20 heavy (non-hydrogen) atoms. The molecule has 3 rings (SSSR count). The summed E-state index contributed by atoms with van der Waals surface area (Å²) in [5.41, 5.74) is 7.94. The molecule has 0 aliphatic rings. The molecule has 3 nitrogen and oxygen atoms in total. The smallest absolute Gasteiger partial charge is 0.163 e. The molecule has 0 saturated heterocycles. The van der Waals surface area contributed by atoms with E-state index in [1.54, 1.807) is 11.8 Å². The molecule has 0 atom stereocenters. The van der Waals surface area contributed by atoms with Crippen molar-refractivity contribution < 1.29 is 0 Å². The van der Waals surface area contributed by atoms with Crippen molar-refractivity contribution in [2.45, 2.75) is 4.90 Å². The van der Waals surface area contributed by atoms with E-state index in [4.69, 9.17) is 5.73 Å². The maximum Gasteiger partial charge on any atom is 0.163 e. The molecule has 0 saturated carbocycles. The molecule has 1 aromatic heterocycles. The van der Waals surface area contributed by atoms with Crippen LogP contribution in [0.1, 0.15) is 0 Å². The number of nitrogens with two attached hydrogens (primary N) is 1. The molecule has 3 aromatic rings. The first-order valence-electron chi connectivity index (χ1n) is 6.05. The van der Waals surface area contributed by atoms with E-state index < -0.39 is 0 Å². The Bertz CT molecular complexity index is 789. The van der Waals surface area contributed by atoms with Crippen molar-refractivity contribution in [2.75, 3.05) is 12.0 Å². The molecule has 5 heteroatoms. The Morgan fingerprint density at radius 1 is 1.10 bits per heavy atom. The van der Waals surface area contributed by atoms with Gasteiger partial charge >= 0.3 is 0 Å².